The average molecular weight is 259 g/mol. The molecule has 0 atom stereocenters. The van der Waals surface area contributed by atoms with Crippen LogP contribution in [0.25, 0.3) is 0 Å². The van der Waals surface area contributed by atoms with Gasteiger partial charge in [0, 0.05) is 19.5 Å². The lowest BCUT2D eigenvalue weighted by Crippen LogP contribution is -2.36. The lowest BCUT2D eigenvalue weighted by atomic mass is 10.1. The van der Waals surface area contributed by atoms with Gasteiger partial charge in [0.15, 0.2) is 0 Å². The molecule has 0 aliphatic heterocycles. The highest BCUT2D eigenvalue weighted by Crippen LogP contribution is 2.21. The zero-order valence-electron chi connectivity index (χ0n) is 12.0. The molecular formula is C17H25NO. The Morgan fingerprint density at radius 3 is 2.37 bits per heavy atom. The van der Waals surface area contributed by atoms with Crippen molar-refractivity contribution in [2.45, 2.75) is 57.4 Å². The number of rotatable bonds is 4. The lowest BCUT2D eigenvalue weighted by molar-refractivity contribution is -0.132. The van der Waals surface area contributed by atoms with Crippen LogP contribution in [0.5, 0.6) is 0 Å². The Kier molecular flexibility index (Phi) is 5.44. The Hall–Kier alpha value is -1.31. The average Bonchev–Trinajstić information content (AvgIpc) is 2.74. The Balaban J connectivity index is 1.81. The monoisotopic (exact) mass is 259 g/mol. The van der Waals surface area contributed by atoms with Crippen LogP contribution in [0, 0.1) is 0 Å². The molecule has 0 bridgehead atoms. The van der Waals surface area contributed by atoms with E-state index in [1.165, 1.54) is 44.1 Å². The van der Waals surface area contributed by atoms with Crippen LogP contribution in [0.3, 0.4) is 0 Å². The number of carbonyl (C=O) groups excluding carboxylic acids is 1. The SMILES string of the molecule is CN(C(=O)CCc1ccccc1)C1CCCCCC1. The fourth-order valence-electron chi connectivity index (χ4n) is 2.92. The summed E-state index contributed by atoms with van der Waals surface area (Å²) in [5.74, 6) is 0.302. The van der Waals surface area contributed by atoms with Crippen molar-refractivity contribution < 1.29 is 4.79 Å². The third kappa shape index (κ3) is 4.38. The van der Waals surface area contributed by atoms with Crippen LogP contribution in [-0.4, -0.2) is 23.9 Å². The van der Waals surface area contributed by atoms with Crippen LogP contribution in [0.15, 0.2) is 30.3 Å². The molecule has 0 aromatic heterocycles. The highest BCUT2D eigenvalue weighted by atomic mass is 16.2. The minimum atomic E-state index is 0.302. The summed E-state index contributed by atoms with van der Waals surface area (Å²) in [5.41, 5.74) is 1.25. The maximum absolute atomic E-state index is 12.3. The third-order valence-corrected chi connectivity index (χ3v) is 4.24. The van der Waals surface area contributed by atoms with Gasteiger partial charge in [0.1, 0.15) is 0 Å². The van der Waals surface area contributed by atoms with Crippen molar-refractivity contribution in [3.63, 3.8) is 0 Å². The van der Waals surface area contributed by atoms with Gasteiger partial charge in [-0.1, -0.05) is 56.0 Å². The van der Waals surface area contributed by atoms with Gasteiger partial charge in [-0.25, -0.2) is 0 Å². The molecule has 1 aromatic carbocycles. The van der Waals surface area contributed by atoms with Crippen LogP contribution in [0.2, 0.25) is 0 Å². The molecule has 1 aliphatic carbocycles. The molecule has 0 spiro atoms. The molecular weight excluding hydrogens is 234 g/mol. The predicted octanol–water partition coefficient (Wildman–Crippen LogP) is 3.80. The topological polar surface area (TPSA) is 20.3 Å². The number of aryl methyl sites for hydroxylation is 1. The molecule has 0 N–H and O–H groups in total. The number of hydrogen-bond donors (Lipinski definition) is 0. The quantitative estimate of drug-likeness (QED) is 0.753. The zero-order chi connectivity index (χ0) is 13.5. The Labute approximate surface area is 116 Å². The molecule has 0 saturated heterocycles. The van der Waals surface area contributed by atoms with Crippen molar-refractivity contribution in [2.75, 3.05) is 7.05 Å². The number of hydrogen-bond acceptors (Lipinski definition) is 1. The molecule has 0 unspecified atom stereocenters. The summed E-state index contributed by atoms with van der Waals surface area (Å²) in [6, 6.07) is 10.8. The summed E-state index contributed by atoms with van der Waals surface area (Å²) in [6.07, 6.45) is 9.10. The van der Waals surface area contributed by atoms with E-state index in [2.05, 4.69) is 12.1 Å². The smallest absolute Gasteiger partial charge is 0.222 e. The van der Waals surface area contributed by atoms with E-state index in [-0.39, 0.29) is 0 Å². The van der Waals surface area contributed by atoms with Gasteiger partial charge in [-0.15, -0.1) is 0 Å². The van der Waals surface area contributed by atoms with E-state index >= 15 is 0 Å². The van der Waals surface area contributed by atoms with E-state index in [1.807, 2.05) is 30.1 Å². The largest absolute Gasteiger partial charge is 0.343 e. The summed E-state index contributed by atoms with van der Waals surface area (Å²) in [7, 11) is 1.99. The molecule has 2 rings (SSSR count). The van der Waals surface area contributed by atoms with Gasteiger partial charge in [-0.2, -0.15) is 0 Å². The number of nitrogens with zero attached hydrogens (tertiary/aromatic N) is 1. The van der Waals surface area contributed by atoms with E-state index in [9.17, 15) is 4.79 Å². The predicted molar refractivity (Wildman–Crippen MR) is 79.0 cm³/mol. The second kappa shape index (κ2) is 7.32. The number of carbonyl (C=O) groups is 1. The first kappa shape index (κ1) is 14.1. The van der Waals surface area contributed by atoms with Gasteiger partial charge in [-0.05, 0) is 24.8 Å². The highest BCUT2D eigenvalue weighted by Gasteiger charge is 2.20. The van der Waals surface area contributed by atoms with E-state index < -0.39 is 0 Å². The molecule has 2 heteroatoms. The standard InChI is InChI=1S/C17H25NO/c1-18(16-11-7-2-3-8-12-16)17(19)14-13-15-9-5-4-6-10-15/h4-6,9-10,16H,2-3,7-8,11-14H2,1H3. The van der Waals surface area contributed by atoms with Crippen LogP contribution in [0.1, 0.15) is 50.5 Å². The maximum Gasteiger partial charge on any atom is 0.222 e. The number of amides is 1. The van der Waals surface area contributed by atoms with E-state index in [1.54, 1.807) is 0 Å². The minimum absolute atomic E-state index is 0.302. The van der Waals surface area contributed by atoms with Gasteiger partial charge in [0.05, 0.1) is 0 Å². The van der Waals surface area contributed by atoms with E-state index in [0.29, 0.717) is 18.4 Å². The Bertz CT molecular complexity index is 380. The van der Waals surface area contributed by atoms with E-state index in [4.69, 9.17) is 0 Å². The first-order chi connectivity index (χ1) is 9.27. The fraction of sp³-hybridized carbons (Fsp3) is 0.588. The molecule has 1 amide bonds. The summed E-state index contributed by atoms with van der Waals surface area (Å²) >= 11 is 0. The fourth-order valence-corrected chi connectivity index (χ4v) is 2.92. The van der Waals surface area contributed by atoms with Crippen molar-refractivity contribution in [1.82, 2.24) is 4.90 Å². The normalized spacial score (nSPS) is 16.9. The zero-order valence-corrected chi connectivity index (χ0v) is 12.0. The Morgan fingerprint density at radius 1 is 1.11 bits per heavy atom. The minimum Gasteiger partial charge on any atom is -0.343 e. The highest BCUT2D eigenvalue weighted by molar-refractivity contribution is 5.76. The maximum atomic E-state index is 12.3. The molecule has 1 saturated carbocycles. The summed E-state index contributed by atoms with van der Waals surface area (Å²) in [4.78, 5) is 14.3. The molecule has 1 aliphatic rings. The second-order valence-corrected chi connectivity index (χ2v) is 5.64. The summed E-state index contributed by atoms with van der Waals surface area (Å²) in [5, 5.41) is 0. The Morgan fingerprint density at radius 2 is 1.74 bits per heavy atom. The van der Waals surface area contributed by atoms with Crippen molar-refractivity contribution in [3.8, 4) is 0 Å². The van der Waals surface area contributed by atoms with Crippen molar-refractivity contribution >= 4 is 5.91 Å². The van der Waals surface area contributed by atoms with Gasteiger partial charge < -0.3 is 4.90 Å². The molecule has 19 heavy (non-hydrogen) atoms. The molecule has 1 aromatic rings. The first-order valence-electron chi connectivity index (χ1n) is 7.57. The van der Waals surface area contributed by atoms with Gasteiger partial charge in [0.25, 0.3) is 0 Å². The molecule has 2 nitrogen and oxygen atoms in total. The molecule has 0 radical (unpaired) electrons. The van der Waals surface area contributed by atoms with Crippen LogP contribution < -0.4 is 0 Å². The van der Waals surface area contributed by atoms with Crippen LogP contribution in [0.4, 0.5) is 0 Å². The molecule has 0 heterocycles. The first-order valence-corrected chi connectivity index (χ1v) is 7.57. The van der Waals surface area contributed by atoms with Gasteiger partial charge in [-0.3, -0.25) is 4.79 Å². The van der Waals surface area contributed by atoms with E-state index in [0.717, 1.165) is 6.42 Å². The van der Waals surface area contributed by atoms with Crippen molar-refractivity contribution in [3.05, 3.63) is 35.9 Å². The van der Waals surface area contributed by atoms with Crippen LogP contribution >= 0.6 is 0 Å². The second-order valence-electron chi connectivity index (χ2n) is 5.64. The summed E-state index contributed by atoms with van der Waals surface area (Å²) in [6.45, 7) is 0. The van der Waals surface area contributed by atoms with Gasteiger partial charge in [0.2, 0.25) is 5.91 Å². The third-order valence-electron chi connectivity index (χ3n) is 4.24. The molecule has 1 fully saturated rings. The van der Waals surface area contributed by atoms with Gasteiger partial charge >= 0.3 is 0 Å². The number of benzene rings is 1. The lowest BCUT2D eigenvalue weighted by Gasteiger charge is -2.27. The van der Waals surface area contributed by atoms with Crippen molar-refractivity contribution in [2.24, 2.45) is 0 Å². The van der Waals surface area contributed by atoms with Crippen LogP contribution in [-0.2, 0) is 11.2 Å². The molecule has 104 valence electrons. The van der Waals surface area contributed by atoms with Crippen molar-refractivity contribution in [1.29, 1.82) is 0 Å². The summed E-state index contributed by atoms with van der Waals surface area (Å²) < 4.78 is 0.